The highest BCUT2D eigenvalue weighted by atomic mass is 79.9. The van der Waals surface area contributed by atoms with Gasteiger partial charge in [0.2, 0.25) is 0 Å². The van der Waals surface area contributed by atoms with Crippen LogP contribution in [0.15, 0.2) is 10.8 Å². The summed E-state index contributed by atoms with van der Waals surface area (Å²) in [7, 11) is 1.79. The molecule has 1 heterocycles. The molecule has 1 rings (SSSR count). The molecule has 3 N–H and O–H groups in total. The second-order valence-electron chi connectivity index (χ2n) is 3.83. The number of hydrogen-bond donors (Lipinski definition) is 3. The Labute approximate surface area is 104 Å². The van der Waals surface area contributed by atoms with Crippen LogP contribution < -0.4 is 10.6 Å². The summed E-state index contributed by atoms with van der Waals surface area (Å²) in [5, 5.41) is 15.7. The molecule has 0 bridgehead atoms. The van der Waals surface area contributed by atoms with E-state index in [0.29, 0.717) is 12.4 Å². The van der Waals surface area contributed by atoms with Crippen molar-refractivity contribution in [2.24, 2.45) is 5.92 Å². The first-order valence-corrected chi connectivity index (χ1v) is 5.95. The maximum absolute atomic E-state index is 9.67. The van der Waals surface area contributed by atoms with Crippen LogP contribution in [-0.2, 0) is 0 Å². The first-order valence-electron chi connectivity index (χ1n) is 5.16. The molecule has 16 heavy (non-hydrogen) atoms. The van der Waals surface area contributed by atoms with Gasteiger partial charge < -0.3 is 15.7 Å². The Balaban J connectivity index is 2.67. The number of hydrogen-bond acceptors (Lipinski definition) is 5. The minimum Gasteiger partial charge on any atom is -0.391 e. The van der Waals surface area contributed by atoms with E-state index in [2.05, 4.69) is 36.5 Å². The molecule has 90 valence electrons. The van der Waals surface area contributed by atoms with Crippen molar-refractivity contribution in [2.45, 2.75) is 20.0 Å². The zero-order valence-electron chi connectivity index (χ0n) is 9.66. The van der Waals surface area contributed by atoms with Crippen molar-refractivity contribution in [2.75, 3.05) is 24.2 Å². The Hall–Kier alpha value is -0.880. The Morgan fingerprint density at radius 1 is 1.38 bits per heavy atom. The average Bonchev–Trinajstić information content (AvgIpc) is 2.27. The van der Waals surface area contributed by atoms with Gasteiger partial charge in [-0.1, -0.05) is 13.8 Å². The molecule has 0 aromatic carbocycles. The van der Waals surface area contributed by atoms with Gasteiger partial charge >= 0.3 is 0 Å². The van der Waals surface area contributed by atoms with Crippen LogP contribution in [-0.4, -0.2) is 34.8 Å². The predicted octanol–water partition coefficient (Wildman–Crippen LogP) is 1.71. The normalized spacial score (nSPS) is 12.6. The summed E-state index contributed by atoms with van der Waals surface area (Å²) in [5.41, 5.74) is 0. The highest BCUT2D eigenvalue weighted by Gasteiger charge is 2.11. The summed E-state index contributed by atoms with van der Waals surface area (Å²) in [5.74, 6) is 1.62. The van der Waals surface area contributed by atoms with Crippen molar-refractivity contribution in [3.63, 3.8) is 0 Å². The maximum atomic E-state index is 9.67. The largest absolute Gasteiger partial charge is 0.391 e. The van der Waals surface area contributed by atoms with E-state index in [4.69, 9.17) is 0 Å². The molecular formula is C10H17BrN4O. The number of rotatable bonds is 5. The fourth-order valence-corrected chi connectivity index (χ4v) is 1.65. The highest BCUT2D eigenvalue weighted by molar-refractivity contribution is 9.10. The molecule has 0 aliphatic carbocycles. The molecule has 1 atom stereocenters. The third-order valence-corrected chi connectivity index (χ3v) is 3.03. The van der Waals surface area contributed by atoms with E-state index in [0.717, 1.165) is 10.3 Å². The smallest absolute Gasteiger partial charge is 0.146 e. The van der Waals surface area contributed by atoms with Gasteiger partial charge in [0.25, 0.3) is 0 Å². The molecule has 0 saturated heterocycles. The minimum absolute atomic E-state index is 0.219. The van der Waals surface area contributed by atoms with Crippen molar-refractivity contribution in [1.82, 2.24) is 9.97 Å². The molecule has 0 aliphatic rings. The van der Waals surface area contributed by atoms with E-state index in [1.807, 2.05) is 13.8 Å². The monoisotopic (exact) mass is 288 g/mol. The maximum Gasteiger partial charge on any atom is 0.146 e. The Morgan fingerprint density at radius 2 is 2.00 bits per heavy atom. The number of anilines is 2. The van der Waals surface area contributed by atoms with Crippen LogP contribution in [0, 0.1) is 5.92 Å². The lowest BCUT2D eigenvalue weighted by Crippen LogP contribution is -2.25. The van der Waals surface area contributed by atoms with Crippen LogP contribution in [0.3, 0.4) is 0 Å². The van der Waals surface area contributed by atoms with Crippen LogP contribution in [0.4, 0.5) is 11.6 Å². The van der Waals surface area contributed by atoms with Gasteiger partial charge in [-0.05, 0) is 21.8 Å². The van der Waals surface area contributed by atoms with Crippen molar-refractivity contribution in [3.8, 4) is 0 Å². The van der Waals surface area contributed by atoms with E-state index in [1.54, 1.807) is 7.05 Å². The Bertz CT molecular complexity index is 346. The molecule has 5 nitrogen and oxygen atoms in total. The zero-order chi connectivity index (χ0) is 12.1. The summed E-state index contributed by atoms with van der Waals surface area (Å²) in [6.07, 6.45) is 1.08. The standard InChI is InChI=1S/C10H17BrN4O/c1-6(2)7(16)4-13-10-8(11)9(12-3)14-5-15-10/h5-7,16H,4H2,1-3H3,(H2,12,13,14,15). The zero-order valence-corrected chi connectivity index (χ0v) is 11.2. The lowest BCUT2D eigenvalue weighted by molar-refractivity contribution is 0.138. The molecule has 0 saturated carbocycles. The third kappa shape index (κ3) is 3.31. The fourth-order valence-electron chi connectivity index (χ4n) is 1.10. The summed E-state index contributed by atoms with van der Waals surface area (Å²) in [6.45, 7) is 4.41. The van der Waals surface area contributed by atoms with Gasteiger partial charge in [-0.2, -0.15) is 0 Å². The predicted molar refractivity (Wildman–Crippen MR) is 68.6 cm³/mol. The van der Waals surface area contributed by atoms with Crippen molar-refractivity contribution < 1.29 is 5.11 Å². The van der Waals surface area contributed by atoms with Gasteiger partial charge in [0, 0.05) is 13.6 Å². The average molecular weight is 289 g/mol. The first-order chi connectivity index (χ1) is 7.56. The Morgan fingerprint density at radius 3 is 2.56 bits per heavy atom. The lowest BCUT2D eigenvalue weighted by atomic mass is 10.1. The van der Waals surface area contributed by atoms with Gasteiger partial charge in [-0.15, -0.1) is 0 Å². The van der Waals surface area contributed by atoms with Gasteiger partial charge in [0.1, 0.15) is 22.4 Å². The molecule has 0 amide bonds. The molecule has 1 unspecified atom stereocenters. The summed E-state index contributed by atoms with van der Waals surface area (Å²) in [6, 6.07) is 0. The second-order valence-corrected chi connectivity index (χ2v) is 4.62. The second kappa shape index (κ2) is 6.00. The molecule has 1 aromatic heterocycles. The number of nitrogens with zero attached hydrogens (tertiary/aromatic N) is 2. The lowest BCUT2D eigenvalue weighted by Gasteiger charge is -2.16. The number of aromatic nitrogens is 2. The van der Waals surface area contributed by atoms with E-state index in [-0.39, 0.29) is 12.0 Å². The molecule has 6 heteroatoms. The van der Waals surface area contributed by atoms with Crippen molar-refractivity contribution in [1.29, 1.82) is 0 Å². The molecule has 0 fully saturated rings. The van der Waals surface area contributed by atoms with Crippen LogP contribution >= 0.6 is 15.9 Å². The summed E-state index contributed by atoms with van der Waals surface area (Å²) < 4.78 is 0.772. The number of halogens is 1. The SMILES string of the molecule is CNc1ncnc(NCC(O)C(C)C)c1Br. The number of nitrogens with one attached hydrogen (secondary N) is 2. The number of aliphatic hydroxyl groups is 1. The third-order valence-electron chi connectivity index (χ3n) is 2.27. The van der Waals surface area contributed by atoms with E-state index in [1.165, 1.54) is 6.33 Å². The molecule has 0 radical (unpaired) electrons. The van der Waals surface area contributed by atoms with Crippen LogP contribution in [0.5, 0.6) is 0 Å². The quantitative estimate of drug-likeness (QED) is 0.770. The molecule has 0 aliphatic heterocycles. The van der Waals surface area contributed by atoms with Gasteiger partial charge in [0.15, 0.2) is 0 Å². The Kier molecular flexibility index (Phi) is 4.95. The first kappa shape index (κ1) is 13.2. The molecule has 1 aromatic rings. The van der Waals surface area contributed by atoms with E-state index in [9.17, 15) is 5.11 Å². The summed E-state index contributed by atoms with van der Waals surface area (Å²) >= 11 is 3.40. The fraction of sp³-hybridized carbons (Fsp3) is 0.600. The molecule has 0 spiro atoms. The molecular weight excluding hydrogens is 272 g/mol. The topological polar surface area (TPSA) is 70.1 Å². The van der Waals surface area contributed by atoms with E-state index < -0.39 is 0 Å². The minimum atomic E-state index is -0.389. The summed E-state index contributed by atoms with van der Waals surface area (Å²) in [4.78, 5) is 8.15. The van der Waals surface area contributed by atoms with Crippen LogP contribution in [0.2, 0.25) is 0 Å². The van der Waals surface area contributed by atoms with E-state index >= 15 is 0 Å². The van der Waals surface area contributed by atoms with Crippen molar-refractivity contribution >= 4 is 27.6 Å². The highest BCUT2D eigenvalue weighted by Crippen LogP contribution is 2.25. The van der Waals surface area contributed by atoms with Gasteiger partial charge in [-0.3, -0.25) is 0 Å². The number of aliphatic hydroxyl groups excluding tert-OH is 1. The van der Waals surface area contributed by atoms with Crippen LogP contribution in [0.1, 0.15) is 13.8 Å². The van der Waals surface area contributed by atoms with Crippen LogP contribution in [0.25, 0.3) is 0 Å². The van der Waals surface area contributed by atoms with Gasteiger partial charge in [0.05, 0.1) is 6.10 Å². The van der Waals surface area contributed by atoms with Crippen molar-refractivity contribution in [3.05, 3.63) is 10.8 Å². The van der Waals surface area contributed by atoms with Gasteiger partial charge in [-0.25, -0.2) is 9.97 Å².